The fraction of sp³-hybridized carbons (Fsp3) is 0.368. The minimum Gasteiger partial charge on any atom is -0.340 e. The van der Waals surface area contributed by atoms with Gasteiger partial charge in [-0.15, -0.1) is 0 Å². The van der Waals surface area contributed by atoms with Crippen LogP contribution >= 0.6 is 0 Å². The summed E-state index contributed by atoms with van der Waals surface area (Å²) >= 11 is 0. The fourth-order valence-electron chi connectivity index (χ4n) is 2.97. The van der Waals surface area contributed by atoms with Crippen LogP contribution in [-0.2, 0) is 16.1 Å². The number of imide groups is 1. The molecule has 2 heterocycles. The SMILES string of the molecule is Cc1cc(C)nc(N2CCC(=O)N(Cc3ccccc3)C(=O)CC2)n1.[HH]. The van der Waals surface area contributed by atoms with Crippen molar-refractivity contribution in [2.45, 2.75) is 33.2 Å². The maximum absolute atomic E-state index is 12.5. The molecule has 0 unspecified atom stereocenters. The van der Waals surface area contributed by atoms with Gasteiger partial charge < -0.3 is 4.90 Å². The molecule has 0 N–H and O–H groups in total. The molecule has 25 heavy (non-hydrogen) atoms. The molecule has 1 fully saturated rings. The predicted molar refractivity (Wildman–Crippen MR) is 97.1 cm³/mol. The van der Waals surface area contributed by atoms with Gasteiger partial charge in [0.25, 0.3) is 0 Å². The molecule has 0 aliphatic carbocycles. The third kappa shape index (κ3) is 4.21. The van der Waals surface area contributed by atoms with Gasteiger partial charge in [-0.3, -0.25) is 14.5 Å². The summed E-state index contributed by atoms with van der Waals surface area (Å²) in [6.45, 7) is 5.19. The van der Waals surface area contributed by atoms with E-state index in [1.165, 1.54) is 4.90 Å². The molecule has 0 atom stereocenters. The lowest BCUT2D eigenvalue weighted by molar-refractivity contribution is -0.145. The minimum absolute atomic E-state index is 0. The number of amides is 2. The highest BCUT2D eigenvalue weighted by molar-refractivity contribution is 5.96. The zero-order chi connectivity index (χ0) is 17.8. The summed E-state index contributed by atoms with van der Waals surface area (Å²) < 4.78 is 0. The van der Waals surface area contributed by atoms with Gasteiger partial charge in [0.2, 0.25) is 17.8 Å². The first kappa shape index (κ1) is 17.1. The van der Waals surface area contributed by atoms with Gasteiger partial charge in [0.1, 0.15) is 0 Å². The van der Waals surface area contributed by atoms with Crippen LogP contribution in [0.25, 0.3) is 0 Å². The Morgan fingerprint density at radius 2 is 1.52 bits per heavy atom. The van der Waals surface area contributed by atoms with Crippen molar-refractivity contribution in [1.29, 1.82) is 0 Å². The predicted octanol–water partition coefficient (Wildman–Crippen LogP) is 2.50. The molecule has 132 valence electrons. The molecule has 2 amide bonds. The first-order valence-corrected chi connectivity index (χ1v) is 8.47. The summed E-state index contributed by atoms with van der Waals surface area (Å²) in [5.41, 5.74) is 2.72. The maximum atomic E-state index is 12.5. The number of aromatic nitrogens is 2. The average molecular weight is 340 g/mol. The van der Waals surface area contributed by atoms with E-state index in [1.807, 2.05) is 55.1 Å². The Labute approximate surface area is 149 Å². The van der Waals surface area contributed by atoms with Gasteiger partial charge >= 0.3 is 0 Å². The summed E-state index contributed by atoms with van der Waals surface area (Å²) in [4.78, 5) is 37.2. The van der Waals surface area contributed by atoms with Crippen LogP contribution in [0.1, 0.15) is 31.2 Å². The summed E-state index contributed by atoms with van der Waals surface area (Å²) in [7, 11) is 0. The van der Waals surface area contributed by atoms with Crippen LogP contribution in [0, 0.1) is 13.8 Å². The van der Waals surface area contributed by atoms with E-state index in [9.17, 15) is 9.59 Å². The molecule has 3 rings (SSSR count). The molecule has 6 heteroatoms. The quantitative estimate of drug-likeness (QED) is 0.803. The standard InChI is InChI=1S/C19H22N4O2.H2/c1-14-12-15(2)21-19(20-14)22-10-8-17(24)23(18(25)9-11-22)13-16-6-4-3-5-7-16;/h3-7,12H,8-11,13H2,1-2H3;1H. The second kappa shape index (κ2) is 7.42. The Hall–Kier alpha value is -2.76. The van der Waals surface area contributed by atoms with Gasteiger partial charge in [-0.2, -0.15) is 0 Å². The average Bonchev–Trinajstić information content (AvgIpc) is 2.58. The molecule has 1 aromatic carbocycles. The van der Waals surface area contributed by atoms with E-state index in [4.69, 9.17) is 0 Å². The van der Waals surface area contributed by atoms with Crippen molar-refractivity contribution in [1.82, 2.24) is 14.9 Å². The lowest BCUT2D eigenvalue weighted by Crippen LogP contribution is -2.43. The largest absolute Gasteiger partial charge is 0.340 e. The van der Waals surface area contributed by atoms with Gasteiger partial charge in [-0.05, 0) is 25.5 Å². The van der Waals surface area contributed by atoms with Gasteiger partial charge in [0, 0.05) is 38.7 Å². The van der Waals surface area contributed by atoms with Crippen molar-refractivity contribution in [2.75, 3.05) is 18.0 Å². The number of anilines is 1. The highest BCUT2D eigenvalue weighted by atomic mass is 16.2. The van der Waals surface area contributed by atoms with Crippen LogP contribution < -0.4 is 4.90 Å². The molecule has 0 spiro atoms. The molecular weight excluding hydrogens is 316 g/mol. The Balaban J connectivity index is 0.00000243. The van der Waals surface area contributed by atoms with E-state index in [1.54, 1.807) is 0 Å². The number of rotatable bonds is 3. The highest BCUT2D eigenvalue weighted by Gasteiger charge is 2.26. The van der Waals surface area contributed by atoms with Crippen molar-refractivity contribution in [3.8, 4) is 0 Å². The van der Waals surface area contributed by atoms with E-state index >= 15 is 0 Å². The van der Waals surface area contributed by atoms with Gasteiger partial charge in [-0.1, -0.05) is 30.3 Å². The lowest BCUT2D eigenvalue weighted by Gasteiger charge is -2.29. The van der Waals surface area contributed by atoms with Gasteiger partial charge in [0.15, 0.2) is 0 Å². The molecule has 1 aliphatic heterocycles. The molecule has 1 aromatic heterocycles. The number of benzene rings is 1. The Morgan fingerprint density at radius 3 is 2.08 bits per heavy atom. The monoisotopic (exact) mass is 340 g/mol. The summed E-state index contributed by atoms with van der Waals surface area (Å²) in [5.74, 6) is 0.292. The van der Waals surface area contributed by atoms with Crippen LogP contribution in [0.5, 0.6) is 0 Å². The molecule has 0 saturated carbocycles. The smallest absolute Gasteiger partial charge is 0.231 e. The van der Waals surface area contributed by atoms with Crippen molar-refractivity contribution in [2.24, 2.45) is 0 Å². The number of hydrogen-bond acceptors (Lipinski definition) is 5. The Bertz CT molecular complexity index is 742. The summed E-state index contributed by atoms with van der Waals surface area (Å²) in [5, 5.41) is 0. The number of hydrogen-bond donors (Lipinski definition) is 0. The number of aryl methyl sites for hydroxylation is 2. The van der Waals surface area contributed by atoms with E-state index in [2.05, 4.69) is 9.97 Å². The minimum atomic E-state index is -0.150. The van der Waals surface area contributed by atoms with Gasteiger partial charge in [-0.25, -0.2) is 9.97 Å². The highest BCUT2D eigenvalue weighted by Crippen LogP contribution is 2.16. The van der Waals surface area contributed by atoms with E-state index in [0.717, 1.165) is 17.0 Å². The molecular formula is C19H24N4O2. The fourth-order valence-corrected chi connectivity index (χ4v) is 2.97. The summed E-state index contributed by atoms with van der Waals surface area (Å²) in [6.07, 6.45) is 0.545. The topological polar surface area (TPSA) is 66.4 Å². The molecule has 6 nitrogen and oxygen atoms in total. The van der Waals surface area contributed by atoms with Crippen molar-refractivity contribution < 1.29 is 11.0 Å². The Morgan fingerprint density at radius 1 is 0.960 bits per heavy atom. The zero-order valence-electron chi connectivity index (χ0n) is 14.6. The van der Waals surface area contributed by atoms with Crippen molar-refractivity contribution >= 4 is 17.8 Å². The molecule has 0 bridgehead atoms. The normalized spacial score (nSPS) is 15.9. The van der Waals surface area contributed by atoms with Crippen LogP contribution in [-0.4, -0.2) is 39.8 Å². The second-order valence-corrected chi connectivity index (χ2v) is 6.30. The van der Waals surface area contributed by atoms with Gasteiger partial charge in [0.05, 0.1) is 6.54 Å². The first-order valence-electron chi connectivity index (χ1n) is 8.47. The summed E-state index contributed by atoms with van der Waals surface area (Å²) in [6, 6.07) is 11.5. The molecule has 2 aromatic rings. The lowest BCUT2D eigenvalue weighted by atomic mass is 10.1. The molecule has 1 aliphatic rings. The first-order chi connectivity index (χ1) is 12.0. The van der Waals surface area contributed by atoms with Crippen molar-refractivity contribution in [3.63, 3.8) is 0 Å². The third-order valence-electron chi connectivity index (χ3n) is 4.23. The van der Waals surface area contributed by atoms with E-state index in [0.29, 0.717) is 25.6 Å². The van der Waals surface area contributed by atoms with Crippen molar-refractivity contribution in [3.05, 3.63) is 53.3 Å². The van der Waals surface area contributed by atoms with Crippen LogP contribution in [0.15, 0.2) is 36.4 Å². The van der Waals surface area contributed by atoms with Crippen LogP contribution in [0.3, 0.4) is 0 Å². The van der Waals surface area contributed by atoms with Crippen LogP contribution in [0.4, 0.5) is 5.95 Å². The maximum Gasteiger partial charge on any atom is 0.231 e. The number of carbonyl (C=O) groups excluding carboxylic acids is 2. The second-order valence-electron chi connectivity index (χ2n) is 6.30. The van der Waals surface area contributed by atoms with E-state index in [-0.39, 0.29) is 26.1 Å². The molecule has 1 saturated heterocycles. The van der Waals surface area contributed by atoms with E-state index < -0.39 is 0 Å². The Kier molecular flexibility index (Phi) is 5.07. The van der Waals surface area contributed by atoms with Crippen LogP contribution in [0.2, 0.25) is 0 Å². The third-order valence-corrected chi connectivity index (χ3v) is 4.23. The zero-order valence-corrected chi connectivity index (χ0v) is 14.6. The number of carbonyl (C=O) groups is 2. The number of nitrogens with zero attached hydrogens (tertiary/aromatic N) is 4. The molecule has 0 radical (unpaired) electrons.